The summed E-state index contributed by atoms with van der Waals surface area (Å²) < 4.78 is 12.2. The molecule has 4 amide bonds. The molecule has 8 nitrogen and oxygen atoms in total. The van der Waals surface area contributed by atoms with Crippen LogP contribution in [0.1, 0.15) is 106 Å². The van der Waals surface area contributed by atoms with E-state index in [9.17, 15) is 19.2 Å². The summed E-state index contributed by atoms with van der Waals surface area (Å²) in [5.41, 5.74) is 4.80. The van der Waals surface area contributed by atoms with E-state index in [1.807, 2.05) is 80.6 Å². The van der Waals surface area contributed by atoms with Crippen molar-refractivity contribution < 1.29 is 28.7 Å². The minimum absolute atomic E-state index is 0.225. The molecule has 5 aromatic carbocycles. The van der Waals surface area contributed by atoms with Gasteiger partial charge in [0.2, 0.25) is 0 Å². The first kappa shape index (κ1) is 33.5. The van der Waals surface area contributed by atoms with Crippen LogP contribution < -0.4 is 14.4 Å². The van der Waals surface area contributed by atoms with Crippen LogP contribution in [0.25, 0.3) is 0 Å². The van der Waals surface area contributed by atoms with Gasteiger partial charge in [-0.25, -0.2) is 4.90 Å². The van der Waals surface area contributed by atoms with Crippen LogP contribution in [0.3, 0.4) is 0 Å². The van der Waals surface area contributed by atoms with Gasteiger partial charge in [-0.3, -0.25) is 24.1 Å². The summed E-state index contributed by atoms with van der Waals surface area (Å²) in [4.78, 5) is 54.6. The third kappa shape index (κ3) is 5.97. The van der Waals surface area contributed by atoms with Gasteiger partial charge in [0.1, 0.15) is 23.0 Å². The maximum absolute atomic E-state index is 13.4. The van der Waals surface area contributed by atoms with Crippen molar-refractivity contribution in [3.05, 3.63) is 148 Å². The molecule has 0 aliphatic carbocycles. The van der Waals surface area contributed by atoms with Crippen LogP contribution in [0, 0.1) is 0 Å². The average molecular weight is 679 g/mol. The Bertz CT molecular complexity index is 2220. The zero-order valence-corrected chi connectivity index (χ0v) is 29.4. The minimum atomic E-state index is -0.369. The van der Waals surface area contributed by atoms with E-state index in [0.717, 1.165) is 16.7 Å². The quantitative estimate of drug-likeness (QED) is 0.144. The molecule has 0 atom stereocenters. The van der Waals surface area contributed by atoms with Gasteiger partial charge in [-0.1, -0.05) is 64.1 Å². The van der Waals surface area contributed by atoms with Gasteiger partial charge in [0, 0.05) is 11.5 Å². The van der Waals surface area contributed by atoms with Crippen molar-refractivity contribution in [3.63, 3.8) is 0 Å². The van der Waals surface area contributed by atoms with Crippen molar-refractivity contribution in [1.82, 2.24) is 4.90 Å². The fourth-order valence-electron chi connectivity index (χ4n) is 6.63. The molecule has 0 unspecified atom stereocenters. The number of imide groups is 2. The zero-order valence-electron chi connectivity index (χ0n) is 29.4. The normalized spacial score (nSPS) is 14.1. The Kier molecular flexibility index (Phi) is 8.34. The summed E-state index contributed by atoms with van der Waals surface area (Å²) in [7, 11) is 0. The summed E-state index contributed by atoms with van der Waals surface area (Å²) in [5, 5.41) is 0. The maximum atomic E-state index is 13.4. The standard InChI is InChI=1S/C43H38N2O6/c1-25(2)27-8-7-9-30(22-27)45-40(47)36-21-19-34(24-38(36)42(45)49)51-32-16-12-29(13-17-32)43(5,6)28-10-14-31(15-11-28)50-33-18-20-35-37(23-33)41(48)44(26(3)4)39(35)46/h7-26H,1-6H3. The van der Waals surface area contributed by atoms with Gasteiger partial charge in [0.25, 0.3) is 23.6 Å². The highest BCUT2D eigenvalue weighted by Gasteiger charge is 2.38. The predicted molar refractivity (Wildman–Crippen MR) is 195 cm³/mol. The van der Waals surface area contributed by atoms with E-state index >= 15 is 0 Å². The molecule has 0 saturated carbocycles. The van der Waals surface area contributed by atoms with E-state index < -0.39 is 0 Å². The lowest BCUT2D eigenvalue weighted by atomic mass is 9.78. The first-order valence-electron chi connectivity index (χ1n) is 17.0. The van der Waals surface area contributed by atoms with Gasteiger partial charge < -0.3 is 9.47 Å². The third-order valence-electron chi connectivity index (χ3n) is 9.68. The van der Waals surface area contributed by atoms with Crippen LogP contribution in [-0.2, 0) is 5.41 Å². The Hall–Kier alpha value is -6.02. The first-order chi connectivity index (χ1) is 24.3. The number of ether oxygens (including phenoxy) is 2. The highest BCUT2D eigenvalue weighted by Crippen LogP contribution is 2.37. The summed E-state index contributed by atoms with van der Waals surface area (Å²) in [6.45, 7) is 12.0. The number of carbonyl (C=O) groups excluding carboxylic acids is 4. The Morgan fingerprint density at radius 3 is 1.47 bits per heavy atom. The van der Waals surface area contributed by atoms with Gasteiger partial charge >= 0.3 is 0 Å². The fourth-order valence-corrected chi connectivity index (χ4v) is 6.63. The summed E-state index contributed by atoms with van der Waals surface area (Å²) >= 11 is 0. The molecule has 0 N–H and O–H groups in total. The van der Waals surface area contributed by atoms with Crippen LogP contribution in [0.5, 0.6) is 23.0 Å². The highest BCUT2D eigenvalue weighted by molar-refractivity contribution is 6.34. The van der Waals surface area contributed by atoms with Crippen molar-refractivity contribution in [2.24, 2.45) is 0 Å². The lowest BCUT2D eigenvalue weighted by Gasteiger charge is -2.26. The Balaban J connectivity index is 1.03. The van der Waals surface area contributed by atoms with Gasteiger partial charge in [0.15, 0.2) is 0 Å². The molecule has 2 aliphatic rings. The number of benzene rings is 5. The molecule has 256 valence electrons. The smallest absolute Gasteiger partial charge is 0.266 e. The van der Waals surface area contributed by atoms with E-state index in [2.05, 4.69) is 27.7 Å². The lowest BCUT2D eigenvalue weighted by Crippen LogP contribution is -2.35. The number of nitrogens with zero attached hydrogens (tertiary/aromatic N) is 2. The lowest BCUT2D eigenvalue weighted by molar-refractivity contribution is 0.0608. The molecule has 7 rings (SSSR count). The van der Waals surface area contributed by atoms with E-state index in [-0.39, 0.29) is 41.0 Å². The molecule has 8 heteroatoms. The molecule has 2 aliphatic heterocycles. The fraction of sp³-hybridized carbons (Fsp3) is 0.209. The SMILES string of the molecule is CC(C)c1cccc(N2C(=O)c3ccc(Oc4ccc(C(C)(C)c5ccc(Oc6ccc7c(c6)C(=O)N(C(C)C)C7=O)cc5)cc4)cc3C2=O)c1. The van der Waals surface area contributed by atoms with Crippen LogP contribution in [-0.4, -0.2) is 34.6 Å². The molecule has 0 aromatic heterocycles. The second-order valence-corrected chi connectivity index (χ2v) is 14.1. The van der Waals surface area contributed by atoms with Crippen molar-refractivity contribution >= 4 is 29.3 Å². The first-order valence-corrected chi connectivity index (χ1v) is 17.0. The molecule has 0 fully saturated rings. The van der Waals surface area contributed by atoms with Crippen LogP contribution in [0.2, 0.25) is 0 Å². The summed E-state index contributed by atoms with van der Waals surface area (Å²) in [6, 6.07) is 32.8. The Morgan fingerprint density at radius 2 is 0.961 bits per heavy atom. The van der Waals surface area contributed by atoms with E-state index in [0.29, 0.717) is 50.9 Å². The van der Waals surface area contributed by atoms with Crippen LogP contribution >= 0.6 is 0 Å². The number of hydrogen-bond donors (Lipinski definition) is 0. The zero-order chi connectivity index (χ0) is 36.2. The molecule has 0 saturated heterocycles. The van der Waals surface area contributed by atoms with Gasteiger partial charge in [-0.15, -0.1) is 0 Å². The van der Waals surface area contributed by atoms with E-state index in [1.54, 1.807) is 42.5 Å². The van der Waals surface area contributed by atoms with E-state index in [1.165, 1.54) is 9.80 Å². The van der Waals surface area contributed by atoms with Crippen molar-refractivity contribution in [2.45, 2.75) is 58.9 Å². The van der Waals surface area contributed by atoms with Crippen molar-refractivity contribution in [2.75, 3.05) is 4.90 Å². The van der Waals surface area contributed by atoms with Gasteiger partial charge in [-0.05, 0) is 109 Å². The number of amides is 4. The molecule has 51 heavy (non-hydrogen) atoms. The number of hydrogen-bond acceptors (Lipinski definition) is 6. The Labute approximate surface area is 297 Å². The highest BCUT2D eigenvalue weighted by atomic mass is 16.5. The number of anilines is 1. The molecular formula is C43H38N2O6. The molecular weight excluding hydrogens is 640 g/mol. The minimum Gasteiger partial charge on any atom is -0.457 e. The largest absolute Gasteiger partial charge is 0.457 e. The van der Waals surface area contributed by atoms with Crippen LogP contribution in [0.4, 0.5) is 5.69 Å². The van der Waals surface area contributed by atoms with Crippen molar-refractivity contribution in [3.8, 4) is 23.0 Å². The maximum Gasteiger partial charge on any atom is 0.266 e. The summed E-state index contributed by atoms with van der Waals surface area (Å²) in [5.74, 6) is 1.12. The third-order valence-corrected chi connectivity index (χ3v) is 9.68. The molecule has 0 spiro atoms. The second-order valence-electron chi connectivity index (χ2n) is 14.1. The van der Waals surface area contributed by atoms with Gasteiger partial charge in [0.05, 0.1) is 27.9 Å². The second kappa shape index (κ2) is 12.7. The molecule has 5 aromatic rings. The predicted octanol–water partition coefficient (Wildman–Crippen LogP) is 9.53. The number of carbonyl (C=O) groups is 4. The number of fused-ring (bicyclic) bond motifs is 2. The molecule has 2 heterocycles. The molecule has 0 radical (unpaired) electrons. The van der Waals surface area contributed by atoms with Crippen molar-refractivity contribution in [1.29, 1.82) is 0 Å². The summed E-state index contributed by atoms with van der Waals surface area (Å²) in [6.07, 6.45) is 0. The van der Waals surface area contributed by atoms with Crippen LogP contribution in [0.15, 0.2) is 109 Å². The Morgan fingerprint density at radius 1 is 0.510 bits per heavy atom. The topological polar surface area (TPSA) is 93.2 Å². The number of rotatable bonds is 9. The van der Waals surface area contributed by atoms with Gasteiger partial charge in [-0.2, -0.15) is 0 Å². The van der Waals surface area contributed by atoms with E-state index in [4.69, 9.17) is 9.47 Å². The monoisotopic (exact) mass is 678 g/mol. The average Bonchev–Trinajstić information content (AvgIpc) is 3.51. The molecule has 0 bridgehead atoms.